The Morgan fingerprint density at radius 2 is 1.56 bits per heavy atom. The quantitative estimate of drug-likeness (QED) is 0.500. The van der Waals surface area contributed by atoms with E-state index in [9.17, 15) is 14.4 Å². The van der Waals surface area contributed by atoms with Crippen LogP contribution >= 0.6 is 0 Å². The molecule has 0 aliphatic carbocycles. The number of rotatable bonds is 5. The van der Waals surface area contributed by atoms with Crippen molar-refractivity contribution in [3.8, 4) is 0 Å². The van der Waals surface area contributed by atoms with Gasteiger partial charge in [0.15, 0.2) is 0 Å². The summed E-state index contributed by atoms with van der Waals surface area (Å²) in [6.45, 7) is 3.24. The van der Waals surface area contributed by atoms with Gasteiger partial charge >= 0.3 is 17.9 Å². The summed E-state index contributed by atoms with van der Waals surface area (Å²) in [5.74, 6) is -2.38. The van der Waals surface area contributed by atoms with E-state index >= 15 is 0 Å². The number of esters is 3. The second-order valence-electron chi connectivity index (χ2n) is 3.38. The van der Waals surface area contributed by atoms with Crippen molar-refractivity contribution in [3.05, 3.63) is 0 Å². The lowest BCUT2D eigenvalue weighted by Gasteiger charge is -2.15. The molecule has 6 heteroatoms. The number of carbonyl (C=O) groups is 3. The summed E-state index contributed by atoms with van der Waals surface area (Å²) in [7, 11) is 2.33. The molecule has 0 aromatic carbocycles. The minimum absolute atomic E-state index is 0.346. The molecule has 0 fully saturated rings. The standard InChI is InChI=1S/C10H16O6/c1-6(2)9(12)16-7(10(13)15-4)5-8(11)14-3/h6-7H,5H2,1-4H3/t7-/m0/s1. The molecule has 0 amide bonds. The van der Waals surface area contributed by atoms with Gasteiger partial charge in [0.1, 0.15) is 0 Å². The van der Waals surface area contributed by atoms with E-state index in [1.54, 1.807) is 13.8 Å². The van der Waals surface area contributed by atoms with Crippen LogP contribution in [0.15, 0.2) is 0 Å². The molecular formula is C10H16O6. The molecule has 6 nitrogen and oxygen atoms in total. The predicted molar refractivity (Wildman–Crippen MR) is 53.4 cm³/mol. The van der Waals surface area contributed by atoms with Crippen molar-refractivity contribution in [3.63, 3.8) is 0 Å². The molecule has 0 N–H and O–H groups in total. The maximum absolute atomic E-state index is 11.3. The van der Waals surface area contributed by atoms with Crippen LogP contribution in [0.2, 0.25) is 0 Å². The van der Waals surface area contributed by atoms with Gasteiger partial charge < -0.3 is 14.2 Å². The SMILES string of the molecule is COC(=O)C[C@H](OC(=O)C(C)C)C(=O)OC. The Hall–Kier alpha value is -1.59. The molecule has 0 bridgehead atoms. The Morgan fingerprint density at radius 3 is 1.94 bits per heavy atom. The monoisotopic (exact) mass is 232 g/mol. The minimum Gasteiger partial charge on any atom is -0.469 e. The van der Waals surface area contributed by atoms with E-state index in [0.717, 1.165) is 7.11 Å². The summed E-state index contributed by atoms with van der Waals surface area (Å²) in [5, 5.41) is 0. The molecule has 0 aromatic heterocycles. The number of methoxy groups -OCH3 is 2. The van der Waals surface area contributed by atoms with E-state index in [2.05, 4.69) is 9.47 Å². The third kappa shape index (κ3) is 4.77. The Labute approximate surface area is 93.8 Å². The molecule has 1 atom stereocenters. The highest BCUT2D eigenvalue weighted by Crippen LogP contribution is 2.07. The predicted octanol–water partition coefficient (Wildman–Crippen LogP) is 0.290. The largest absolute Gasteiger partial charge is 0.469 e. The lowest BCUT2D eigenvalue weighted by atomic mass is 10.2. The summed E-state index contributed by atoms with van der Waals surface area (Å²) in [5.41, 5.74) is 0. The van der Waals surface area contributed by atoms with Crippen molar-refractivity contribution >= 4 is 17.9 Å². The number of hydrogen-bond donors (Lipinski definition) is 0. The fraction of sp³-hybridized carbons (Fsp3) is 0.700. The highest BCUT2D eigenvalue weighted by Gasteiger charge is 2.28. The third-order valence-electron chi connectivity index (χ3n) is 1.77. The van der Waals surface area contributed by atoms with Crippen molar-refractivity contribution in [2.24, 2.45) is 5.92 Å². The van der Waals surface area contributed by atoms with Crippen LogP contribution in [0.4, 0.5) is 0 Å². The lowest BCUT2D eigenvalue weighted by molar-refractivity contribution is -0.171. The average Bonchev–Trinajstić information content (AvgIpc) is 2.26. The summed E-state index contributed by atoms with van der Waals surface area (Å²) >= 11 is 0. The van der Waals surface area contributed by atoms with Crippen LogP contribution in [0, 0.1) is 5.92 Å². The maximum atomic E-state index is 11.3. The van der Waals surface area contributed by atoms with E-state index < -0.39 is 24.0 Å². The minimum atomic E-state index is -1.24. The molecule has 0 saturated heterocycles. The van der Waals surface area contributed by atoms with Crippen molar-refractivity contribution < 1.29 is 28.6 Å². The van der Waals surface area contributed by atoms with Gasteiger partial charge in [-0.15, -0.1) is 0 Å². The Morgan fingerprint density at radius 1 is 1.00 bits per heavy atom. The smallest absolute Gasteiger partial charge is 0.347 e. The summed E-state index contributed by atoms with van der Waals surface area (Å²) in [6.07, 6.45) is -1.59. The number of ether oxygens (including phenoxy) is 3. The molecule has 0 heterocycles. The summed E-state index contributed by atoms with van der Waals surface area (Å²) in [4.78, 5) is 33.4. The van der Waals surface area contributed by atoms with Gasteiger partial charge in [0.2, 0.25) is 6.10 Å². The molecule has 0 rings (SSSR count). The molecule has 0 aliphatic rings. The second-order valence-corrected chi connectivity index (χ2v) is 3.38. The van der Waals surface area contributed by atoms with Gasteiger partial charge in [-0.2, -0.15) is 0 Å². The zero-order valence-electron chi connectivity index (χ0n) is 9.81. The van der Waals surface area contributed by atoms with Crippen LogP contribution in [0.1, 0.15) is 20.3 Å². The van der Waals surface area contributed by atoms with Gasteiger partial charge in [-0.05, 0) is 0 Å². The Balaban J connectivity index is 4.49. The summed E-state index contributed by atoms with van der Waals surface area (Å²) < 4.78 is 13.6. The highest BCUT2D eigenvalue weighted by atomic mass is 16.6. The Kier molecular flexibility index (Phi) is 6.14. The zero-order valence-corrected chi connectivity index (χ0v) is 9.81. The molecular weight excluding hydrogens is 216 g/mol. The molecule has 0 aliphatic heterocycles. The van der Waals surface area contributed by atoms with Gasteiger partial charge in [-0.3, -0.25) is 9.59 Å². The van der Waals surface area contributed by atoms with Crippen molar-refractivity contribution in [1.29, 1.82) is 0 Å². The molecule has 0 unspecified atom stereocenters. The van der Waals surface area contributed by atoms with E-state index in [-0.39, 0.29) is 12.3 Å². The maximum Gasteiger partial charge on any atom is 0.347 e. The van der Waals surface area contributed by atoms with E-state index in [0.29, 0.717) is 0 Å². The van der Waals surface area contributed by atoms with Gasteiger partial charge in [0.05, 0.1) is 26.6 Å². The second kappa shape index (κ2) is 6.81. The topological polar surface area (TPSA) is 78.9 Å². The van der Waals surface area contributed by atoms with Crippen molar-refractivity contribution in [2.75, 3.05) is 14.2 Å². The summed E-state index contributed by atoms with van der Waals surface area (Å²) in [6, 6.07) is 0. The van der Waals surface area contributed by atoms with E-state index in [4.69, 9.17) is 4.74 Å². The van der Waals surface area contributed by atoms with Crippen LogP contribution in [-0.4, -0.2) is 38.2 Å². The van der Waals surface area contributed by atoms with Gasteiger partial charge in [0, 0.05) is 0 Å². The van der Waals surface area contributed by atoms with Crippen LogP contribution in [0.3, 0.4) is 0 Å². The van der Waals surface area contributed by atoms with E-state index in [1.807, 2.05) is 0 Å². The average molecular weight is 232 g/mol. The third-order valence-corrected chi connectivity index (χ3v) is 1.77. The number of carbonyl (C=O) groups excluding carboxylic acids is 3. The van der Waals surface area contributed by atoms with Crippen LogP contribution in [-0.2, 0) is 28.6 Å². The van der Waals surface area contributed by atoms with Crippen LogP contribution in [0.25, 0.3) is 0 Å². The van der Waals surface area contributed by atoms with E-state index in [1.165, 1.54) is 7.11 Å². The van der Waals surface area contributed by atoms with Gasteiger partial charge in [-0.1, -0.05) is 13.8 Å². The first-order chi connectivity index (χ1) is 7.42. The molecule has 0 aromatic rings. The zero-order chi connectivity index (χ0) is 12.7. The normalized spacial score (nSPS) is 11.8. The molecule has 16 heavy (non-hydrogen) atoms. The van der Waals surface area contributed by atoms with Gasteiger partial charge in [-0.25, -0.2) is 4.79 Å². The highest BCUT2D eigenvalue weighted by molar-refractivity contribution is 5.84. The fourth-order valence-electron chi connectivity index (χ4n) is 0.816. The number of hydrogen-bond acceptors (Lipinski definition) is 6. The molecule has 0 spiro atoms. The van der Waals surface area contributed by atoms with Crippen molar-refractivity contribution in [1.82, 2.24) is 0 Å². The fourth-order valence-corrected chi connectivity index (χ4v) is 0.816. The first-order valence-electron chi connectivity index (χ1n) is 4.77. The lowest BCUT2D eigenvalue weighted by Crippen LogP contribution is -2.32. The molecule has 0 radical (unpaired) electrons. The van der Waals surface area contributed by atoms with Crippen LogP contribution in [0.5, 0.6) is 0 Å². The Bertz CT molecular complexity index is 270. The van der Waals surface area contributed by atoms with Gasteiger partial charge in [0.25, 0.3) is 0 Å². The first kappa shape index (κ1) is 14.4. The first-order valence-corrected chi connectivity index (χ1v) is 4.77. The molecule has 92 valence electrons. The molecule has 0 saturated carbocycles. The van der Waals surface area contributed by atoms with Crippen LogP contribution < -0.4 is 0 Å². The van der Waals surface area contributed by atoms with Crippen molar-refractivity contribution in [2.45, 2.75) is 26.4 Å².